The van der Waals surface area contributed by atoms with Crippen LogP contribution in [0.5, 0.6) is 5.75 Å². The van der Waals surface area contributed by atoms with Crippen LogP contribution in [0.25, 0.3) is 0 Å². The number of hydrogen-bond acceptors (Lipinski definition) is 3. The van der Waals surface area contributed by atoms with Crippen molar-refractivity contribution >= 4 is 23.2 Å². The number of halogens is 1. The van der Waals surface area contributed by atoms with Crippen LogP contribution in [0.15, 0.2) is 18.2 Å². The third-order valence-electron chi connectivity index (χ3n) is 3.49. The van der Waals surface area contributed by atoms with Gasteiger partial charge in [-0.3, -0.25) is 4.79 Å². The number of carbonyl (C=O) groups excluding carboxylic acids is 1. The van der Waals surface area contributed by atoms with E-state index < -0.39 is 0 Å². The number of rotatable bonds is 3. The summed E-state index contributed by atoms with van der Waals surface area (Å²) in [6, 6.07) is 5.17. The van der Waals surface area contributed by atoms with E-state index in [1.807, 2.05) is 0 Å². The molecule has 1 aliphatic rings. The molecular formula is C14H18ClNO3. The topological polar surface area (TPSA) is 58.6 Å². The van der Waals surface area contributed by atoms with Crippen molar-refractivity contribution in [3.8, 4) is 5.75 Å². The molecule has 104 valence electrons. The first kappa shape index (κ1) is 14.2. The van der Waals surface area contributed by atoms with Crippen molar-refractivity contribution in [2.75, 3.05) is 12.4 Å². The summed E-state index contributed by atoms with van der Waals surface area (Å²) in [7, 11) is 1.55. The van der Waals surface area contributed by atoms with E-state index in [-0.39, 0.29) is 17.9 Å². The fourth-order valence-corrected chi connectivity index (χ4v) is 2.58. The van der Waals surface area contributed by atoms with Crippen LogP contribution in [0.1, 0.15) is 25.7 Å². The van der Waals surface area contributed by atoms with Crippen molar-refractivity contribution in [2.45, 2.75) is 31.8 Å². The Hall–Kier alpha value is -1.26. The molecule has 0 radical (unpaired) electrons. The first-order valence-corrected chi connectivity index (χ1v) is 6.80. The quantitative estimate of drug-likeness (QED) is 0.897. The van der Waals surface area contributed by atoms with Gasteiger partial charge in [0.25, 0.3) is 0 Å². The summed E-state index contributed by atoms with van der Waals surface area (Å²) in [5.41, 5.74) is 0.668. The van der Waals surface area contributed by atoms with Gasteiger partial charge in [-0.15, -0.1) is 0 Å². The second-order valence-corrected chi connectivity index (χ2v) is 5.25. The minimum atomic E-state index is -0.250. The van der Waals surface area contributed by atoms with Gasteiger partial charge >= 0.3 is 0 Å². The minimum Gasteiger partial charge on any atom is -0.495 e. The zero-order valence-electron chi connectivity index (χ0n) is 10.9. The average Bonchev–Trinajstić information content (AvgIpc) is 2.39. The number of carbonyl (C=O) groups is 1. The van der Waals surface area contributed by atoms with E-state index in [2.05, 4.69) is 5.32 Å². The highest BCUT2D eigenvalue weighted by Crippen LogP contribution is 2.29. The summed E-state index contributed by atoms with van der Waals surface area (Å²) >= 11 is 6.01. The van der Waals surface area contributed by atoms with Crippen molar-refractivity contribution < 1.29 is 14.6 Å². The van der Waals surface area contributed by atoms with Gasteiger partial charge in [0.1, 0.15) is 5.75 Å². The lowest BCUT2D eigenvalue weighted by Gasteiger charge is -2.24. The van der Waals surface area contributed by atoms with Crippen molar-refractivity contribution in [3.05, 3.63) is 23.2 Å². The predicted octanol–water partition coefficient (Wildman–Crippen LogP) is 2.84. The van der Waals surface area contributed by atoms with Crippen molar-refractivity contribution in [3.63, 3.8) is 0 Å². The van der Waals surface area contributed by atoms with Crippen LogP contribution in [0.3, 0.4) is 0 Å². The molecule has 5 heteroatoms. The molecular weight excluding hydrogens is 266 g/mol. The molecule has 0 heterocycles. The molecule has 1 saturated carbocycles. The number of aliphatic hydroxyl groups excluding tert-OH is 1. The highest BCUT2D eigenvalue weighted by Gasteiger charge is 2.25. The molecule has 1 aliphatic carbocycles. The van der Waals surface area contributed by atoms with Gasteiger partial charge in [0.05, 0.1) is 18.2 Å². The largest absolute Gasteiger partial charge is 0.495 e. The van der Waals surface area contributed by atoms with E-state index in [0.717, 1.165) is 12.8 Å². The van der Waals surface area contributed by atoms with E-state index in [0.29, 0.717) is 29.3 Å². The molecule has 0 aliphatic heterocycles. The Labute approximate surface area is 117 Å². The Balaban J connectivity index is 1.97. The van der Waals surface area contributed by atoms with Gasteiger partial charge in [-0.1, -0.05) is 11.6 Å². The standard InChI is InChI=1S/C14H18ClNO3/c1-19-13-7-4-10(8-12(13)15)16-14(18)9-2-5-11(17)6-3-9/h4,7-9,11,17H,2-3,5-6H2,1H3,(H,16,18). The lowest BCUT2D eigenvalue weighted by molar-refractivity contribution is -0.121. The highest BCUT2D eigenvalue weighted by molar-refractivity contribution is 6.32. The second kappa shape index (κ2) is 6.26. The van der Waals surface area contributed by atoms with Gasteiger partial charge in [-0.2, -0.15) is 0 Å². The number of nitrogens with one attached hydrogen (secondary N) is 1. The van der Waals surface area contributed by atoms with Gasteiger partial charge in [-0.05, 0) is 43.9 Å². The van der Waals surface area contributed by atoms with Gasteiger partial charge in [0, 0.05) is 11.6 Å². The summed E-state index contributed by atoms with van der Waals surface area (Å²) < 4.78 is 5.06. The van der Waals surface area contributed by atoms with Gasteiger partial charge in [-0.25, -0.2) is 0 Å². The van der Waals surface area contributed by atoms with E-state index >= 15 is 0 Å². The molecule has 19 heavy (non-hydrogen) atoms. The molecule has 0 aromatic heterocycles. The molecule has 1 amide bonds. The van der Waals surface area contributed by atoms with Crippen LogP contribution in [0.2, 0.25) is 5.02 Å². The molecule has 0 unspecified atom stereocenters. The molecule has 2 N–H and O–H groups in total. The fraction of sp³-hybridized carbons (Fsp3) is 0.500. The number of anilines is 1. The zero-order valence-corrected chi connectivity index (χ0v) is 11.6. The Morgan fingerprint density at radius 1 is 1.37 bits per heavy atom. The maximum Gasteiger partial charge on any atom is 0.227 e. The summed E-state index contributed by atoms with van der Waals surface area (Å²) in [6.07, 6.45) is 2.61. The minimum absolute atomic E-state index is 0.00636. The Bertz CT molecular complexity index is 456. The zero-order chi connectivity index (χ0) is 13.8. The average molecular weight is 284 g/mol. The van der Waals surface area contributed by atoms with Crippen LogP contribution >= 0.6 is 11.6 Å². The van der Waals surface area contributed by atoms with Crippen LogP contribution in [-0.2, 0) is 4.79 Å². The van der Waals surface area contributed by atoms with Crippen LogP contribution in [-0.4, -0.2) is 24.2 Å². The number of ether oxygens (including phenoxy) is 1. The van der Waals surface area contributed by atoms with E-state index in [1.165, 1.54) is 0 Å². The number of hydrogen-bond donors (Lipinski definition) is 2. The highest BCUT2D eigenvalue weighted by atomic mass is 35.5. The van der Waals surface area contributed by atoms with Gasteiger partial charge < -0.3 is 15.2 Å². The third-order valence-corrected chi connectivity index (χ3v) is 3.78. The maximum absolute atomic E-state index is 12.1. The van der Waals surface area contributed by atoms with E-state index in [4.69, 9.17) is 16.3 Å². The van der Waals surface area contributed by atoms with Crippen LogP contribution in [0, 0.1) is 5.92 Å². The molecule has 0 spiro atoms. The summed E-state index contributed by atoms with van der Waals surface area (Å²) in [5, 5.41) is 12.8. The first-order chi connectivity index (χ1) is 9.10. The van der Waals surface area contributed by atoms with Crippen LogP contribution < -0.4 is 10.1 Å². The predicted molar refractivity (Wildman–Crippen MR) is 74.6 cm³/mol. The van der Waals surface area contributed by atoms with Gasteiger partial charge in [0.2, 0.25) is 5.91 Å². The molecule has 0 bridgehead atoms. The molecule has 1 aromatic carbocycles. The fourth-order valence-electron chi connectivity index (χ4n) is 2.33. The van der Waals surface area contributed by atoms with Crippen molar-refractivity contribution in [1.29, 1.82) is 0 Å². The summed E-state index contributed by atoms with van der Waals surface area (Å²) in [4.78, 5) is 12.1. The monoisotopic (exact) mass is 283 g/mol. The smallest absolute Gasteiger partial charge is 0.227 e. The lowest BCUT2D eigenvalue weighted by Crippen LogP contribution is -2.28. The molecule has 0 saturated heterocycles. The van der Waals surface area contributed by atoms with Gasteiger partial charge in [0.15, 0.2) is 0 Å². The number of benzene rings is 1. The molecule has 1 fully saturated rings. The normalized spacial score (nSPS) is 22.9. The maximum atomic E-state index is 12.1. The van der Waals surface area contributed by atoms with E-state index in [9.17, 15) is 9.90 Å². The lowest BCUT2D eigenvalue weighted by atomic mass is 9.87. The third kappa shape index (κ3) is 3.61. The van der Waals surface area contributed by atoms with Crippen molar-refractivity contribution in [1.82, 2.24) is 0 Å². The second-order valence-electron chi connectivity index (χ2n) is 4.84. The molecule has 4 nitrogen and oxygen atoms in total. The Morgan fingerprint density at radius 3 is 2.63 bits per heavy atom. The molecule has 1 aromatic rings. The molecule has 0 atom stereocenters. The van der Waals surface area contributed by atoms with E-state index in [1.54, 1.807) is 25.3 Å². The van der Waals surface area contributed by atoms with Crippen LogP contribution in [0.4, 0.5) is 5.69 Å². The van der Waals surface area contributed by atoms with Crippen molar-refractivity contribution in [2.24, 2.45) is 5.92 Å². The summed E-state index contributed by atoms with van der Waals surface area (Å²) in [6.45, 7) is 0. The number of methoxy groups -OCH3 is 1. The Kier molecular flexibility index (Phi) is 4.66. The number of aliphatic hydroxyl groups is 1. The Morgan fingerprint density at radius 2 is 2.05 bits per heavy atom. The molecule has 2 rings (SSSR count). The summed E-state index contributed by atoms with van der Waals surface area (Å²) in [5.74, 6) is 0.554. The first-order valence-electron chi connectivity index (χ1n) is 6.42. The number of amides is 1. The SMILES string of the molecule is COc1ccc(NC(=O)C2CCC(O)CC2)cc1Cl.